The fraction of sp³-hybridized carbons (Fsp3) is 0.231. The van der Waals surface area contributed by atoms with Crippen LogP contribution in [-0.4, -0.2) is 33.9 Å². The first-order chi connectivity index (χ1) is 16.1. The van der Waals surface area contributed by atoms with Crippen LogP contribution in [0.15, 0.2) is 66.7 Å². The third-order valence-electron chi connectivity index (χ3n) is 5.05. The number of aliphatic hydroxyl groups excluding tert-OH is 1. The van der Waals surface area contributed by atoms with E-state index < -0.39 is 11.3 Å². The SMILES string of the molecule is CNc1cc(-c2cccnc2Oc2cc(C(=O)NC(=N)/C=C(\O)C(C)(C)C)ccc2C)ccn1. The Morgan fingerprint density at radius 3 is 2.59 bits per heavy atom. The number of nitrogens with one attached hydrogen (secondary N) is 3. The van der Waals surface area contributed by atoms with E-state index in [0.29, 0.717) is 17.2 Å². The quantitative estimate of drug-likeness (QED) is 0.220. The summed E-state index contributed by atoms with van der Waals surface area (Å²) in [6.07, 6.45) is 4.58. The number of aliphatic hydroxyl groups is 1. The van der Waals surface area contributed by atoms with Crippen molar-refractivity contribution in [3.8, 4) is 22.8 Å². The van der Waals surface area contributed by atoms with Crippen molar-refractivity contribution in [2.24, 2.45) is 5.41 Å². The summed E-state index contributed by atoms with van der Waals surface area (Å²) in [6.45, 7) is 7.32. The molecule has 4 N–H and O–H groups in total. The van der Waals surface area contributed by atoms with Crippen molar-refractivity contribution >= 4 is 17.6 Å². The van der Waals surface area contributed by atoms with Crippen LogP contribution in [0, 0.1) is 17.7 Å². The monoisotopic (exact) mass is 459 g/mol. The number of amides is 1. The Labute approximate surface area is 199 Å². The third kappa shape index (κ3) is 5.98. The number of hydrogen-bond acceptors (Lipinski definition) is 7. The lowest BCUT2D eigenvalue weighted by molar-refractivity contribution is 0.0976. The normalized spacial score (nSPS) is 11.6. The Bertz CT molecular complexity index is 1250. The number of benzene rings is 1. The molecule has 8 nitrogen and oxygen atoms in total. The number of aryl methyl sites for hydroxylation is 1. The zero-order valence-corrected chi connectivity index (χ0v) is 19.9. The lowest BCUT2D eigenvalue weighted by atomic mass is 9.93. The predicted molar refractivity (Wildman–Crippen MR) is 134 cm³/mol. The van der Waals surface area contributed by atoms with E-state index in [9.17, 15) is 9.90 Å². The minimum atomic E-state index is -0.523. The lowest BCUT2D eigenvalue weighted by Crippen LogP contribution is -2.29. The molecule has 0 unspecified atom stereocenters. The molecule has 0 radical (unpaired) electrons. The van der Waals surface area contributed by atoms with Gasteiger partial charge in [-0.15, -0.1) is 0 Å². The Morgan fingerprint density at radius 2 is 1.88 bits per heavy atom. The zero-order valence-electron chi connectivity index (χ0n) is 19.9. The number of anilines is 1. The number of allylic oxidation sites excluding steroid dienone is 1. The molecule has 3 aromatic rings. The van der Waals surface area contributed by atoms with E-state index in [1.807, 2.05) is 52.0 Å². The molecule has 0 fully saturated rings. The molecule has 0 spiro atoms. The first-order valence-corrected chi connectivity index (χ1v) is 10.8. The number of amidine groups is 1. The molecule has 8 heteroatoms. The lowest BCUT2D eigenvalue weighted by Gasteiger charge is -2.17. The molecule has 176 valence electrons. The maximum absolute atomic E-state index is 12.7. The van der Waals surface area contributed by atoms with E-state index in [4.69, 9.17) is 10.1 Å². The fourth-order valence-corrected chi connectivity index (χ4v) is 2.97. The summed E-state index contributed by atoms with van der Waals surface area (Å²) in [5.41, 5.74) is 2.27. The molecule has 0 aliphatic carbocycles. The van der Waals surface area contributed by atoms with Crippen LogP contribution in [-0.2, 0) is 0 Å². The highest BCUT2D eigenvalue weighted by molar-refractivity contribution is 6.09. The van der Waals surface area contributed by atoms with Crippen molar-refractivity contribution < 1.29 is 14.6 Å². The maximum Gasteiger partial charge on any atom is 0.256 e. The molecular weight excluding hydrogens is 430 g/mol. The number of carbonyl (C=O) groups is 1. The largest absolute Gasteiger partial charge is 0.512 e. The summed E-state index contributed by atoms with van der Waals surface area (Å²) < 4.78 is 6.14. The van der Waals surface area contributed by atoms with Crippen molar-refractivity contribution in [3.63, 3.8) is 0 Å². The van der Waals surface area contributed by atoms with Gasteiger partial charge in [-0.05, 0) is 54.4 Å². The van der Waals surface area contributed by atoms with Gasteiger partial charge in [0.25, 0.3) is 5.91 Å². The summed E-state index contributed by atoms with van der Waals surface area (Å²) in [6, 6.07) is 12.5. The molecule has 1 amide bonds. The Morgan fingerprint density at radius 1 is 1.12 bits per heavy atom. The molecule has 1 aromatic carbocycles. The summed E-state index contributed by atoms with van der Waals surface area (Å²) in [5, 5.41) is 23.6. The van der Waals surface area contributed by atoms with E-state index in [-0.39, 0.29) is 11.6 Å². The van der Waals surface area contributed by atoms with E-state index in [2.05, 4.69) is 20.6 Å². The number of nitrogens with zero attached hydrogens (tertiary/aromatic N) is 2. The second-order valence-electron chi connectivity index (χ2n) is 8.77. The number of pyridine rings is 2. The van der Waals surface area contributed by atoms with Gasteiger partial charge in [-0.3, -0.25) is 10.2 Å². The predicted octanol–water partition coefficient (Wildman–Crippen LogP) is 5.48. The molecule has 0 bridgehead atoms. The standard InChI is InChI=1S/C26H29N5O3/c1-16-8-9-18(24(33)31-22(27)15-21(32)26(2,3)4)13-20(16)34-25-19(7-6-11-30-25)17-10-12-29-23(14-17)28-5/h6-15,32H,1-5H3,(H,28,29)(H2,27,31,33)/b21-15-. The summed E-state index contributed by atoms with van der Waals surface area (Å²) in [4.78, 5) is 21.3. The smallest absolute Gasteiger partial charge is 0.256 e. The highest BCUT2D eigenvalue weighted by Gasteiger charge is 2.18. The topological polar surface area (TPSA) is 120 Å². The van der Waals surface area contributed by atoms with Gasteiger partial charge in [0.1, 0.15) is 23.2 Å². The summed E-state index contributed by atoms with van der Waals surface area (Å²) in [5.74, 6) is 0.895. The van der Waals surface area contributed by atoms with Crippen LogP contribution in [0.2, 0.25) is 0 Å². The Balaban J connectivity index is 1.86. The second kappa shape index (κ2) is 10.2. The van der Waals surface area contributed by atoms with Gasteiger partial charge in [-0.25, -0.2) is 9.97 Å². The molecule has 34 heavy (non-hydrogen) atoms. The molecule has 0 atom stereocenters. The van der Waals surface area contributed by atoms with Gasteiger partial charge in [0, 0.05) is 42.1 Å². The van der Waals surface area contributed by atoms with E-state index in [0.717, 1.165) is 22.5 Å². The van der Waals surface area contributed by atoms with Crippen molar-refractivity contribution in [3.05, 3.63) is 77.8 Å². The van der Waals surface area contributed by atoms with Gasteiger partial charge in [0.15, 0.2) is 0 Å². The van der Waals surface area contributed by atoms with Crippen LogP contribution in [0.25, 0.3) is 11.1 Å². The second-order valence-corrected chi connectivity index (χ2v) is 8.77. The summed E-state index contributed by atoms with van der Waals surface area (Å²) in [7, 11) is 1.80. The van der Waals surface area contributed by atoms with Crippen LogP contribution < -0.4 is 15.4 Å². The average Bonchev–Trinajstić information content (AvgIpc) is 2.80. The average molecular weight is 460 g/mol. The van der Waals surface area contributed by atoms with Crippen LogP contribution in [0.1, 0.15) is 36.7 Å². The Hall–Kier alpha value is -4.20. The van der Waals surface area contributed by atoms with E-state index in [1.165, 1.54) is 6.08 Å². The maximum atomic E-state index is 12.7. The Kier molecular flexibility index (Phi) is 7.31. The number of ether oxygens (including phenoxy) is 1. The number of rotatable bonds is 6. The molecule has 0 saturated heterocycles. The van der Waals surface area contributed by atoms with Crippen LogP contribution in [0.5, 0.6) is 11.6 Å². The number of carbonyl (C=O) groups excluding carboxylic acids is 1. The van der Waals surface area contributed by atoms with Crippen molar-refractivity contribution in [2.75, 3.05) is 12.4 Å². The van der Waals surface area contributed by atoms with E-state index in [1.54, 1.807) is 37.6 Å². The minimum Gasteiger partial charge on any atom is -0.512 e. The molecule has 2 aromatic heterocycles. The van der Waals surface area contributed by atoms with Gasteiger partial charge in [-0.2, -0.15) is 0 Å². The minimum absolute atomic E-state index is 0.00551. The molecule has 0 saturated carbocycles. The molecular formula is C26H29N5O3. The third-order valence-corrected chi connectivity index (χ3v) is 5.05. The van der Waals surface area contributed by atoms with Crippen LogP contribution in [0.4, 0.5) is 5.82 Å². The summed E-state index contributed by atoms with van der Waals surface area (Å²) >= 11 is 0. The van der Waals surface area contributed by atoms with Gasteiger partial charge < -0.3 is 20.5 Å². The zero-order chi connectivity index (χ0) is 24.9. The molecule has 2 heterocycles. The molecule has 3 rings (SSSR count). The molecule has 0 aliphatic heterocycles. The first-order valence-electron chi connectivity index (χ1n) is 10.8. The molecule has 0 aliphatic rings. The van der Waals surface area contributed by atoms with Gasteiger partial charge in [0.2, 0.25) is 5.88 Å². The van der Waals surface area contributed by atoms with Gasteiger partial charge >= 0.3 is 0 Å². The number of aromatic nitrogens is 2. The van der Waals surface area contributed by atoms with Crippen LogP contribution >= 0.6 is 0 Å². The first kappa shape index (κ1) is 24.4. The van der Waals surface area contributed by atoms with Crippen molar-refractivity contribution in [2.45, 2.75) is 27.7 Å². The van der Waals surface area contributed by atoms with Gasteiger partial charge in [-0.1, -0.05) is 26.8 Å². The van der Waals surface area contributed by atoms with Crippen LogP contribution in [0.3, 0.4) is 0 Å². The highest BCUT2D eigenvalue weighted by atomic mass is 16.5. The fourth-order valence-electron chi connectivity index (χ4n) is 2.97. The highest BCUT2D eigenvalue weighted by Crippen LogP contribution is 2.33. The van der Waals surface area contributed by atoms with E-state index >= 15 is 0 Å². The van der Waals surface area contributed by atoms with Gasteiger partial charge in [0.05, 0.1) is 0 Å². The number of hydrogen-bond donors (Lipinski definition) is 4. The van der Waals surface area contributed by atoms with Crippen molar-refractivity contribution in [1.29, 1.82) is 5.41 Å². The van der Waals surface area contributed by atoms with Crippen molar-refractivity contribution in [1.82, 2.24) is 15.3 Å².